The van der Waals surface area contributed by atoms with E-state index in [0.717, 1.165) is 41.5 Å². The third-order valence-corrected chi connectivity index (χ3v) is 5.26. The van der Waals surface area contributed by atoms with Crippen molar-refractivity contribution in [3.8, 4) is 5.13 Å². The number of rotatable bonds is 3. The fraction of sp³-hybridized carbons (Fsp3) is 0.294. The first-order valence-corrected chi connectivity index (χ1v) is 8.79. The summed E-state index contributed by atoms with van der Waals surface area (Å²) < 4.78 is 3.00. The number of carbonyl (C=O) groups is 1. The summed E-state index contributed by atoms with van der Waals surface area (Å²) in [6.45, 7) is 3.63. The van der Waals surface area contributed by atoms with Gasteiger partial charge in [0.2, 0.25) is 0 Å². The maximum absolute atomic E-state index is 12.5. The van der Waals surface area contributed by atoms with Crippen molar-refractivity contribution in [2.75, 3.05) is 33.2 Å². The molecule has 4 rings (SSSR count). The summed E-state index contributed by atoms with van der Waals surface area (Å²) in [5.74, 6) is -0.0580. The van der Waals surface area contributed by atoms with E-state index in [4.69, 9.17) is 0 Å². The van der Waals surface area contributed by atoms with Crippen LogP contribution in [0.25, 0.3) is 15.3 Å². The molecule has 2 aromatic heterocycles. The zero-order chi connectivity index (χ0) is 16.5. The zero-order valence-electron chi connectivity index (χ0n) is 13.5. The first-order valence-electron chi connectivity index (χ1n) is 7.97. The van der Waals surface area contributed by atoms with Gasteiger partial charge in [-0.05, 0) is 37.4 Å². The van der Waals surface area contributed by atoms with Crippen molar-refractivity contribution >= 4 is 27.5 Å². The molecule has 7 heteroatoms. The second kappa shape index (κ2) is 6.35. The normalized spacial score (nSPS) is 16.5. The molecule has 3 heterocycles. The fourth-order valence-electron chi connectivity index (χ4n) is 2.75. The van der Waals surface area contributed by atoms with E-state index in [1.165, 1.54) is 0 Å². The van der Waals surface area contributed by atoms with Crippen LogP contribution >= 0.6 is 11.3 Å². The number of fused-ring (bicyclic) bond motifs is 1. The average molecular weight is 341 g/mol. The summed E-state index contributed by atoms with van der Waals surface area (Å²) in [5, 5.41) is 2.90. The molecule has 0 bridgehead atoms. The monoisotopic (exact) mass is 341 g/mol. The largest absolute Gasteiger partial charge is 0.304 e. The van der Waals surface area contributed by atoms with Crippen LogP contribution in [0, 0.1) is 0 Å². The number of nitrogens with one attached hydrogen (secondary N) is 1. The highest BCUT2D eigenvalue weighted by Gasteiger charge is 2.17. The van der Waals surface area contributed by atoms with Crippen LogP contribution in [0.15, 0.2) is 42.7 Å². The molecule has 24 heavy (non-hydrogen) atoms. The molecular formula is C17H19N5OS. The van der Waals surface area contributed by atoms with Gasteiger partial charge in [0, 0.05) is 44.1 Å². The van der Waals surface area contributed by atoms with Crippen LogP contribution in [-0.2, 0) is 0 Å². The molecule has 1 N–H and O–H groups in total. The van der Waals surface area contributed by atoms with E-state index in [0.29, 0.717) is 5.56 Å². The predicted octanol–water partition coefficient (Wildman–Crippen LogP) is 1.98. The Balaban J connectivity index is 1.53. The topological polar surface area (TPSA) is 53.4 Å². The Hall–Kier alpha value is -2.22. The highest BCUT2D eigenvalue weighted by Crippen LogP contribution is 2.26. The highest BCUT2D eigenvalue weighted by atomic mass is 32.1. The number of hydrazine groups is 1. The van der Waals surface area contributed by atoms with Gasteiger partial charge in [-0.2, -0.15) is 0 Å². The van der Waals surface area contributed by atoms with Crippen LogP contribution in [0.2, 0.25) is 0 Å². The van der Waals surface area contributed by atoms with E-state index >= 15 is 0 Å². The average Bonchev–Trinajstić information content (AvgIpc) is 3.25. The Morgan fingerprint density at radius 3 is 2.67 bits per heavy atom. The number of thiazole rings is 1. The Labute approximate surface area is 144 Å². The molecule has 1 amide bonds. The maximum atomic E-state index is 12.5. The van der Waals surface area contributed by atoms with Crippen LogP contribution < -0.4 is 5.43 Å². The molecule has 0 radical (unpaired) electrons. The minimum absolute atomic E-state index is 0.0580. The second-order valence-electron chi connectivity index (χ2n) is 6.00. The van der Waals surface area contributed by atoms with Crippen LogP contribution in [0.1, 0.15) is 10.4 Å². The van der Waals surface area contributed by atoms with Gasteiger partial charge in [0.1, 0.15) is 0 Å². The lowest BCUT2D eigenvalue weighted by atomic mass is 10.2. The summed E-state index contributed by atoms with van der Waals surface area (Å²) in [6, 6.07) is 9.62. The zero-order valence-corrected chi connectivity index (χ0v) is 14.3. The lowest BCUT2D eigenvalue weighted by Gasteiger charge is -2.32. The summed E-state index contributed by atoms with van der Waals surface area (Å²) in [4.78, 5) is 19.4. The highest BCUT2D eigenvalue weighted by molar-refractivity contribution is 7.20. The number of hydrogen-bond acceptors (Lipinski definition) is 5. The Kier molecular flexibility index (Phi) is 4.05. The number of piperazine rings is 1. The molecule has 124 valence electrons. The van der Waals surface area contributed by atoms with Gasteiger partial charge in [-0.3, -0.25) is 10.2 Å². The Bertz CT molecular complexity index is 849. The van der Waals surface area contributed by atoms with Crippen molar-refractivity contribution in [2.45, 2.75) is 0 Å². The summed E-state index contributed by atoms with van der Waals surface area (Å²) >= 11 is 1.58. The van der Waals surface area contributed by atoms with Gasteiger partial charge in [-0.15, -0.1) is 0 Å². The molecule has 3 aromatic rings. The van der Waals surface area contributed by atoms with Gasteiger partial charge in [-0.25, -0.2) is 9.99 Å². The molecule has 1 aromatic carbocycles. The molecule has 0 atom stereocenters. The molecule has 0 unspecified atom stereocenters. The lowest BCUT2D eigenvalue weighted by molar-refractivity contribution is 0.0662. The number of hydrogen-bond donors (Lipinski definition) is 1. The Morgan fingerprint density at radius 2 is 1.92 bits per heavy atom. The van der Waals surface area contributed by atoms with Crippen molar-refractivity contribution < 1.29 is 4.79 Å². The Morgan fingerprint density at radius 1 is 1.17 bits per heavy atom. The van der Waals surface area contributed by atoms with Gasteiger partial charge in [0.25, 0.3) is 5.91 Å². The van der Waals surface area contributed by atoms with Crippen molar-refractivity contribution in [2.24, 2.45) is 0 Å². The minimum Gasteiger partial charge on any atom is -0.304 e. The van der Waals surface area contributed by atoms with Crippen molar-refractivity contribution in [3.63, 3.8) is 0 Å². The third kappa shape index (κ3) is 3.06. The first-order chi connectivity index (χ1) is 11.7. The van der Waals surface area contributed by atoms with Crippen molar-refractivity contribution in [1.29, 1.82) is 0 Å². The molecule has 1 saturated heterocycles. The number of carbonyl (C=O) groups excluding carboxylic acids is 1. The minimum atomic E-state index is -0.0580. The van der Waals surface area contributed by atoms with Gasteiger partial charge >= 0.3 is 0 Å². The summed E-state index contributed by atoms with van der Waals surface area (Å²) in [5.41, 5.74) is 4.59. The SMILES string of the molecule is CN1CCN(NC(=O)c2ccc3nc(-n4cccc4)sc3c2)CC1. The van der Waals surface area contributed by atoms with Gasteiger partial charge in [-0.1, -0.05) is 11.3 Å². The molecule has 6 nitrogen and oxygen atoms in total. The first kappa shape index (κ1) is 15.3. The van der Waals surface area contributed by atoms with Crippen LogP contribution in [0.5, 0.6) is 0 Å². The van der Waals surface area contributed by atoms with E-state index in [2.05, 4.69) is 22.4 Å². The van der Waals surface area contributed by atoms with E-state index in [1.54, 1.807) is 11.3 Å². The second-order valence-corrected chi connectivity index (χ2v) is 7.01. The predicted molar refractivity (Wildman–Crippen MR) is 95.5 cm³/mol. The molecule has 1 aliphatic rings. The molecule has 0 saturated carbocycles. The van der Waals surface area contributed by atoms with Gasteiger partial charge in [0.05, 0.1) is 10.2 Å². The standard InChI is InChI=1S/C17H19N5OS/c1-20-8-10-22(11-9-20)19-16(23)13-4-5-14-15(12-13)24-17(18-14)21-6-2-3-7-21/h2-7,12H,8-11H2,1H3,(H,19,23). The number of nitrogens with zero attached hydrogens (tertiary/aromatic N) is 4. The fourth-order valence-corrected chi connectivity index (χ4v) is 3.72. The molecule has 1 fully saturated rings. The quantitative estimate of drug-likeness (QED) is 0.791. The van der Waals surface area contributed by atoms with E-state index in [1.807, 2.05) is 52.3 Å². The molecule has 0 spiro atoms. The number of aromatic nitrogens is 2. The third-order valence-electron chi connectivity index (χ3n) is 4.23. The number of amides is 1. The van der Waals surface area contributed by atoms with Crippen LogP contribution in [-0.4, -0.2) is 58.6 Å². The molecule has 0 aliphatic carbocycles. The van der Waals surface area contributed by atoms with E-state index < -0.39 is 0 Å². The van der Waals surface area contributed by atoms with Gasteiger partial charge < -0.3 is 9.47 Å². The molecule has 1 aliphatic heterocycles. The van der Waals surface area contributed by atoms with E-state index in [-0.39, 0.29) is 5.91 Å². The molecular weight excluding hydrogens is 322 g/mol. The van der Waals surface area contributed by atoms with Crippen LogP contribution in [0.3, 0.4) is 0 Å². The van der Waals surface area contributed by atoms with E-state index in [9.17, 15) is 4.79 Å². The van der Waals surface area contributed by atoms with Gasteiger partial charge in [0.15, 0.2) is 5.13 Å². The number of likely N-dealkylation sites (N-methyl/N-ethyl adjacent to an activating group) is 1. The lowest BCUT2D eigenvalue weighted by Crippen LogP contribution is -2.52. The maximum Gasteiger partial charge on any atom is 0.265 e. The van der Waals surface area contributed by atoms with Crippen molar-refractivity contribution in [3.05, 3.63) is 48.3 Å². The number of benzene rings is 1. The summed E-state index contributed by atoms with van der Waals surface area (Å²) in [7, 11) is 2.10. The van der Waals surface area contributed by atoms with Crippen LogP contribution in [0.4, 0.5) is 0 Å². The smallest absolute Gasteiger partial charge is 0.265 e. The summed E-state index contributed by atoms with van der Waals surface area (Å²) in [6.07, 6.45) is 3.94. The van der Waals surface area contributed by atoms with Crippen molar-refractivity contribution in [1.82, 2.24) is 24.9 Å².